The summed E-state index contributed by atoms with van der Waals surface area (Å²) in [5.74, 6) is 0.980. The minimum atomic E-state index is -0.485. The summed E-state index contributed by atoms with van der Waals surface area (Å²) in [6, 6.07) is 22.6. The highest BCUT2D eigenvalue weighted by molar-refractivity contribution is 5.94. The molecule has 0 aliphatic rings. The molecule has 0 spiro atoms. The molecule has 1 amide bonds. The van der Waals surface area contributed by atoms with Gasteiger partial charge in [0.2, 0.25) is 5.91 Å². The fourth-order valence-corrected chi connectivity index (χ4v) is 3.49. The van der Waals surface area contributed by atoms with Gasteiger partial charge in [0.15, 0.2) is 0 Å². The lowest BCUT2D eigenvalue weighted by Crippen LogP contribution is -2.30. The average Bonchev–Trinajstić information content (AvgIpc) is 2.81. The van der Waals surface area contributed by atoms with Gasteiger partial charge in [0.25, 0.3) is 0 Å². The van der Waals surface area contributed by atoms with Gasteiger partial charge in [-0.25, -0.2) is 4.79 Å². The van der Waals surface area contributed by atoms with E-state index in [1.165, 1.54) is 4.57 Å². The van der Waals surface area contributed by atoms with Crippen molar-refractivity contribution in [2.45, 2.75) is 20.0 Å². The Labute approximate surface area is 185 Å². The van der Waals surface area contributed by atoms with E-state index < -0.39 is 5.69 Å². The maximum atomic E-state index is 12.8. The normalized spacial score (nSPS) is 10.7. The largest absolute Gasteiger partial charge is 0.497 e. The average molecular weight is 428 g/mol. The molecule has 4 aromatic rings. The van der Waals surface area contributed by atoms with Crippen LogP contribution >= 0.6 is 0 Å². The number of fused-ring (bicyclic) bond motifs is 1. The lowest BCUT2D eigenvalue weighted by Gasteiger charge is -2.14. The number of amides is 1. The molecule has 0 bridgehead atoms. The van der Waals surface area contributed by atoms with Crippen molar-refractivity contribution in [3.8, 4) is 5.75 Å². The molecule has 0 saturated heterocycles. The maximum absolute atomic E-state index is 12.8. The highest BCUT2D eigenvalue weighted by atomic mass is 16.5. The highest BCUT2D eigenvalue weighted by Gasteiger charge is 2.13. The monoisotopic (exact) mass is 428 g/mol. The van der Waals surface area contributed by atoms with E-state index >= 15 is 0 Å². The number of methoxy groups -OCH3 is 1. The van der Waals surface area contributed by atoms with Crippen LogP contribution in [0.15, 0.2) is 77.6 Å². The van der Waals surface area contributed by atoms with E-state index in [2.05, 4.69) is 15.6 Å². The number of rotatable bonds is 7. The maximum Gasteiger partial charge on any atom is 0.350 e. The molecule has 162 valence electrons. The number of hydrogen-bond acceptors (Lipinski definition) is 5. The van der Waals surface area contributed by atoms with Crippen LogP contribution in [-0.2, 0) is 17.9 Å². The van der Waals surface area contributed by atoms with Crippen LogP contribution in [0.25, 0.3) is 10.9 Å². The Morgan fingerprint density at radius 2 is 1.72 bits per heavy atom. The van der Waals surface area contributed by atoms with Crippen molar-refractivity contribution < 1.29 is 9.53 Å². The van der Waals surface area contributed by atoms with Crippen molar-refractivity contribution in [3.63, 3.8) is 0 Å². The van der Waals surface area contributed by atoms with Crippen LogP contribution in [0.4, 0.5) is 11.5 Å². The van der Waals surface area contributed by atoms with Gasteiger partial charge >= 0.3 is 5.69 Å². The van der Waals surface area contributed by atoms with Crippen LogP contribution in [0.3, 0.4) is 0 Å². The van der Waals surface area contributed by atoms with Crippen LogP contribution in [0.1, 0.15) is 11.1 Å². The third-order valence-corrected chi connectivity index (χ3v) is 5.23. The second-order valence-electron chi connectivity index (χ2n) is 7.41. The molecule has 0 unspecified atom stereocenters. The summed E-state index contributed by atoms with van der Waals surface area (Å²) < 4.78 is 6.57. The zero-order valence-corrected chi connectivity index (χ0v) is 18.0. The Morgan fingerprint density at radius 1 is 1.00 bits per heavy atom. The molecule has 7 heteroatoms. The molecule has 0 aliphatic heterocycles. The van der Waals surface area contributed by atoms with Crippen molar-refractivity contribution in [1.29, 1.82) is 0 Å². The summed E-state index contributed by atoms with van der Waals surface area (Å²) in [5.41, 5.74) is 2.86. The summed E-state index contributed by atoms with van der Waals surface area (Å²) in [5, 5.41) is 6.88. The fraction of sp³-hybridized carbons (Fsp3) is 0.160. The molecule has 0 radical (unpaired) electrons. The smallest absolute Gasteiger partial charge is 0.350 e. The van der Waals surface area contributed by atoms with Gasteiger partial charge in [-0.15, -0.1) is 0 Å². The Bertz CT molecular complexity index is 1310. The first-order valence-corrected chi connectivity index (χ1v) is 10.3. The van der Waals surface area contributed by atoms with Crippen LogP contribution < -0.4 is 21.1 Å². The molecule has 32 heavy (non-hydrogen) atoms. The van der Waals surface area contributed by atoms with Crippen molar-refractivity contribution >= 4 is 28.3 Å². The Hall–Kier alpha value is -4.13. The van der Waals surface area contributed by atoms with Crippen LogP contribution in [0, 0.1) is 6.92 Å². The van der Waals surface area contributed by atoms with E-state index in [0.29, 0.717) is 17.9 Å². The number of anilines is 2. The van der Waals surface area contributed by atoms with E-state index in [0.717, 1.165) is 28.0 Å². The summed E-state index contributed by atoms with van der Waals surface area (Å²) in [6.45, 7) is 2.29. The van der Waals surface area contributed by atoms with Gasteiger partial charge in [-0.2, -0.15) is 4.98 Å². The van der Waals surface area contributed by atoms with E-state index in [4.69, 9.17) is 4.74 Å². The molecule has 0 fully saturated rings. The third-order valence-electron chi connectivity index (χ3n) is 5.23. The number of ether oxygens (including phenoxy) is 1. The second kappa shape index (κ2) is 9.34. The molecule has 4 rings (SSSR count). The molecular formula is C25H24N4O3. The molecular weight excluding hydrogens is 404 g/mol. The Morgan fingerprint density at radius 3 is 2.47 bits per heavy atom. The number of aromatic nitrogens is 2. The third kappa shape index (κ3) is 4.62. The zero-order valence-electron chi connectivity index (χ0n) is 18.0. The molecule has 0 atom stereocenters. The number of benzene rings is 3. The number of carbonyl (C=O) groups excluding carboxylic acids is 1. The lowest BCUT2D eigenvalue weighted by atomic mass is 10.2. The number of para-hydroxylation sites is 2. The first-order valence-electron chi connectivity index (χ1n) is 10.3. The number of nitrogens with one attached hydrogen (secondary N) is 2. The van der Waals surface area contributed by atoms with Crippen LogP contribution in [0.2, 0.25) is 0 Å². The molecule has 2 N–H and O–H groups in total. The Kier molecular flexibility index (Phi) is 6.17. The van der Waals surface area contributed by atoms with Crippen molar-refractivity contribution in [2.75, 3.05) is 17.7 Å². The van der Waals surface area contributed by atoms with Gasteiger partial charge in [-0.1, -0.05) is 42.5 Å². The van der Waals surface area contributed by atoms with Crippen LogP contribution in [0.5, 0.6) is 5.75 Å². The molecule has 0 saturated carbocycles. The summed E-state index contributed by atoms with van der Waals surface area (Å²) in [6.07, 6.45) is 0. The van der Waals surface area contributed by atoms with E-state index in [1.54, 1.807) is 7.11 Å². The number of nitrogens with zero attached hydrogens (tertiary/aromatic N) is 2. The van der Waals surface area contributed by atoms with Gasteiger partial charge in [-0.05, 0) is 48.4 Å². The molecule has 0 aliphatic carbocycles. The summed E-state index contributed by atoms with van der Waals surface area (Å²) >= 11 is 0. The van der Waals surface area contributed by atoms with Gasteiger partial charge in [0.05, 0.1) is 12.6 Å². The van der Waals surface area contributed by atoms with E-state index in [9.17, 15) is 9.59 Å². The number of hydrogen-bond donors (Lipinski definition) is 2. The van der Waals surface area contributed by atoms with Crippen molar-refractivity contribution in [1.82, 2.24) is 9.55 Å². The number of aryl methyl sites for hydroxylation is 1. The van der Waals surface area contributed by atoms with Gasteiger partial charge in [0.1, 0.15) is 18.1 Å². The predicted molar refractivity (Wildman–Crippen MR) is 126 cm³/mol. The topological polar surface area (TPSA) is 85.2 Å². The first kappa shape index (κ1) is 21.1. The van der Waals surface area contributed by atoms with Gasteiger partial charge in [0, 0.05) is 17.6 Å². The van der Waals surface area contributed by atoms with Gasteiger partial charge in [-0.3, -0.25) is 9.36 Å². The number of carbonyl (C=O) groups is 1. The minimum Gasteiger partial charge on any atom is -0.497 e. The quantitative estimate of drug-likeness (QED) is 0.465. The van der Waals surface area contributed by atoms with Gasteiger partial charge < -0.3 is 15.4 Å². The van der Waals surface area contributed by atoms with Crippen LogP contribution in [-0.4, -0.2) is 22.6 Å². The summed E-state index contributed by atoms with van der Waals surface area (Å²) in [4.78, 5) is 29.7. The predicted octanol–water partition coefficient (Wildman–Crippen LogP) is 3.96. The summed E-state index contributed by atoms with van der Waals surface area (Å²) in [7, 11) is 1.62. The lowest BCUT2D eigenvalue weighted by molar-refractivity contribution is -0.116. The minimum absolute atomic E-state index is 0.126. The fourth-order valence-electron chi connectivity index (χ4n) is 3.49. The van der Waals surface area contributed by atoms with Crippen molar-refractivity contribution in [2.24, 2.45) is 0 Å². The standard InChI is InChI=1S/C25H24N4O3/c1-17-7-3-5-9-21(17)27-23(30)16-29-22-10-6-4-8-20(22)24(28-25(29)31)26-15-18-11-13-19(32-2)14-12-18/h3-14H,15-16H2,1-2H3,(H,27,30)(H,26,28,31). The molecule has 1 aromatic heterocycles. The highest BCUT2D eigenvalue weighted by Crippen LogP contribution is 2.21. The molecule has 1 heterocycles. The van der Waals surface area contributed by atoms with E-state index in [-0.39, 0.29) is 12.5 Å². The SMILES string of the molecule is COc1ccc(CNc2nc(=O)n(CC(=O)Nc3ccccc3C)c3ccccc23)cc1. The molecule has 7 nitrogen and oxygen atoms in total. The second-order valence-corrected chi connectivity index (χ2v) is 7.41. The van der Waals surface area contributed by atoms with Crippen molar-refractivity contribution in [3.05, 3.63) is 94.4 Å². The first-order chi connectivity index (χ1) is 15.5. The molecule has 3 aromatic carbocycles. The zero-order chi connectivity index (χ0) is 22.5. The Balaban J connectivity index is 1.58. The van der Waals surface area contributed by atoms with E-state index in [1.807, 2.05) is 79.7 Å².